The van der Waals surface area contributed by atoms with E-state index in [0.29, 0.717) is 0 Å². The number of guanidine groups is 1. The van der Waals surface area contributed by atoms with Gasteiger partial charge < -0.3 is 10.6 Å². The van der Waals surface area contributed by atoms with Gasteiger partial charge in [-0.2, -0.15) is 0 Å². The third-order valence-corrected chi connectivity index (χ3v) is 4.63. The fraction of sp³-hybridized carbons (Fsp3) is 0.412. The van der Waals surface area contributed by atoms with E-state index in [1.165, 1.54) is 5.56 Å². The number of hydrogen-bond acceptors (Lipinski definition) is 3. The van der Waals surface area contributed by atoms with E-state index in [4.69, 9.17) is 11.6 Å². The van der Waals surface area contributed by atoms with Gasteiger partial charge in [-0.3, -0.25) is 4.99 Å². The molecule has 4 nitrogen and oxygen atoms in total. The molecule has 0 amide bonds. The third-order valence-electron chi connectivity index (χ3n) is 3.44. The van der Waals surface area contributed by atoms with E-state index in [1.807, 2.05) is 25.1 Å². The van der Waals surface area contributed by atoms with Crippen LogP contribution in [0.3, 0.4) is 0 Å². The predicted octanol–water partition coefficient (Wildman–Crippen LogP) is 4.06. The first-order chi connectivity index (χ1) is 11.2. The van der Waals surface area contributed by atoms with Gasteiger partial charge in [0.25, 0.3) is 0 Å². The Morgan fingerprint density at radius 3 is 2.62 bits per heavy atom. The van der Waals surface area contributed by atoms with E-state index in [-0.39, 0.29) is 24.0 Å². The zero-order valence-electron chi connectivity index (χ0n) is 14.0. The van der Waals surface area contributed by atoms with Crippen LogP contribution in [0.2, 0.25) is 5.02 Å². The molecule has 1 aromatic carbocycles. The summed E-state index contributed by atoms with van der Waals surface area (Å²) in [5.41, 5.74) is 2.33. The van der Waals surface area contributed by atoms with Crippen LogP contribution < -0.4 is 10.6 Å². The van der Waals surface area contributed by atoms with Gasteiger partial charge in [-0.15, -0.1) is 35.3 Å². The largest absolute Gasteiger partial charge is 0.356 e. The number of nitrogens with zero attached hydrogens (tertiary/aromatic N) is 2. The summed E-state index contributed by atoms with van der Waals surface area (Å²) in [6.45, 7) is 3.72. The first-order valence-corrected chi connectivity index (χ1v) is 9.03. The number of nitrogens with one attached hydrogen (secondary N) is 2. The van der Waals surface area contributed by atoms with Gasteiger partial charge in [0.1, 0.15) is 0 Å². The van der Waals surface area contributed by atoms with E-state index in [0.717, 1.165) is 54.0 Å². The second-order valence-corrected chi connectivity index (χ2v) is 6.70. The van der Waals surface area contributed by atoms with E-state index < -0.39 is 0 Å². The maximum Gasteiger partial charge on any atom is 0.190 e. The Morgan fingerprint density at radius 2 is 1.96 bits per heavy atom. The minimum absolute atomic E-state index is 0. The topological polar surface area (TPSA) is 49.3 Å². The number of rotatable bonds is 7. The molecule has 0 bridgehead atoms. The highest BCUT2D eigenvalue weighted by atomic mass is 127. The Bertz CT molecular complexity index is 645. The van der Waals surface area contributed by atoms with Crippen molar-refractivity contribution < 1.29 is 0 Å². The van der Waals surface area contributed by atoms with Gasteiger partial charge >= 0.3 is 0 Å². The van der Waals surface area contributed by atoms with Crippen molar-refractivity contribution in [3.63, 3.8) is 0 Å². The van der Waals surface area contributed by atoms with Crippen LogP contribution in [0, 0.1) is 6.92 Å². The van der Waals surface area contributed by atoms with Crippen LogP contribution in [0.4, 0.5) is 0 Å². The first kappa shape index (κ1) is 21.2. The monoisotopic (exact) mass is 478 g/mol. The summed E-state index contributed by atoms with van der Waals surface area (Å²) < 4.78 is 0. The quantitative estimate of drug-likeness (QED) is 0.273. The standard InChI is InChI=1S/C17H23ClN4S.HI/c1-13-22-15(12-23-13)9-11-21-17(19-2)20-10-5-7-14-6-3-4-8-16(14)18;/h3-4,6,8,12H,5,7,9-11H2,1-2H3,(H2,19,20,21);1H. The van der Waals surface area contributed by atoms with Gasteiger partial charge in [0.2, 0.25) is 0 Å². The molecular weight excluding hydrogens is 455 g/mol. The van der Waals surface area contributed by atoms with E-state index in [1.54, 1.807) is 18.4 Å². The number of halogens is 2. The number of thiazole rings is 1. The lowest BCUT2D eigenvalue weighted by Crippen LogP contribution is -2.38. The molecule has 0 spiro atoms. The highest BCUT2D eigenvalue weighted by Crippen LogP contribution is 2.16. The summed E-state index contributed by atoms with van der Waals surface area (Å²) >= 11 is 7.85. The summed E-state index contributed by atoms with van der Waals surface area (Å²) in [7, 11) is 1.79. The Kier molecular flexibility index (Phi) is 10.3. The zero-order chi connectivity index (χ0) is 16.5. The van der Waals surface area contributed by atoms with Crippen LogP contribution in [0.15, 0.2) is 34.6 Å². The fourth-order valence-corrected chi connectivity index (χ4v) is 3.12. The maximum absolute atomic E-state index is 6.16. The molecule has 132 valence electrons. The minimum atomic E-state index is 0. The molecule has 1 aromatic heterocycles. The maximum atomic E-state index is 6.16. The molecule has 0 aliphatic carbocycles. The van der Waals surface area contributed by atoms with Crippen molar-refractivity contribution in [2.75, 3.05) is 20.1 Å². The molecule has 0 aliphatic heterocycles. The van der Waals surface area contributed by atoms with Gasteiger partial charge in [-0.1, -0.05) is 29.8 Å². The molecule has 24 heavy (non-hydrogen) atoms. The summed E-state index contributed by atoms with van der Waals surface area (Å²) in [5.74, 6) is 0.830. The molecule has 0 atom stereocenters. The molecule has 0 saturated carbocycles. The van der Waals surface area contributed by atoms with Crippen molar-refractivity contribution >= 4 is 52.9 Å². The van der Waals surface area contributed by atoms with Gasteiger partial charge in [-0.05, 0) is 31.4 Å². The van der Waals surface area contributed by atoms with Crippen LogP contribution in [0.25, 0.3) is 0 Å². The highest BCUT2D eigenvalue weighted by molar-refractivity contribution is 14.0. The van der Waals surface area contributed by atoms with Gasteiger partial charge in [-0.25, -0.2) is 4.98 Å². The molecular formula is C17H24ClIN4S. The van der Waals surface area contributed by atoms with Crippen LogP contribution in [0.5, 0.6) is 0 Å². The number of aliphatic imine (C=N–C) groups is 1. The van der Waals surface area contributed by atoms with Crippen molar-refractivity contribution in [2.24, 2.45) is 4.99 Å². The predicted molar refractivity (Wildman–Crippen MR) is 115 cm³/mol. The van der Waals surface area contributed by atoms with Crippen molar-refractivity contribution in [1.82, 2.24) is 15.6 Å². The van der Waals surface area contributed by atoms with Crippen LogP contribution in [-0.4, -0.2) is 31.1 Å². The number of hydrogen-bond donors (Lipinski definition) is 2. The minimum Gasteiger partial charge on any atom is -0.356 e. The molecule has 0 aliphatic rings. The van der Waals surface area contributed by atoms with E-state index >= 15 is 0 Å². The highest BCUT2D eigenvalue weighted by Gasteiger charge is 2.02. The molecule has 7 heteroatoms. The normalized spacial score (nSPS) is 11.0. The van der Waals surface area contributed by atoms with Crippen LogP contribution >= 0.6 is 46.9 Å². The first-order valence-electron chi connectivity index (χ1n) is 7.78. The average Bonchev–Trinajstić information content (AvgIpc) is 2.96. The molecule has 0 radical (unpaired) electrons. The van der Waals surface area contributed by atoms with Crippen LogP contribution in [-0.2, 0) is 12.8 Å². The fourth-order valence-electron chi connectivity index (χ4n) is 2.24. The molecule has 0 unspecified atom stereocenters. The lowest BCUT2D eigenvalue weighted by molar-refractivity contribution is 0.737. The van der Waals surface area contributed by atoms with Gasteiger partial charge in [0.05, 0.1) is 10.7 Å². The second-order valence-electron chi connectivity index (χ2n) is 5.23. The number of aryl methyl sites for hydroxylation is 2. The van der Waals surface area contributed by atoms with Crippen molar-refractivity contribution in [3.8, 4) is 0 Å². The summed E-state index contributed by atoms with van der Waals surface area (Å²) in [5, 5.41) is 10.7. The molecule has 0 fully saturated rings. The molecule has 0 saturated heterocycles. The van der Waals surface area contributed by atoms with Crippen molar-refractivity contribution in [1.29, 1.82) is 0 Å². The van der Waals surface area contributed by atoms with Crippen molar-refractivity contribution in [2.45, 2.75) is 26.2 Å². The Balaban J connectivity index is 0.00000288. The summed E-state index contributed by atoms with van der Waals surface area (Å²) in [6.07, 6.45) is 2.88. The zero-order valence-corrected chi connectivity index (χ0v) is 17.9. The Morgan fingerprint density at radius 1 is 1.21 bits per heavy atom. The summed E-state index contributed by atoms with van der Waals surface area (Å²) in [6, 6.07) is 7.99. The number of aromatic nitrogens is 1. The second kappa shape index (κ2) is 11.7. The smallest absolute Gasteiger partial charge is 0.190 e. The Labute approximate surface area is 170 Å². The Hall–Kier alpha value is -0.860. The molecule has 2 N–H and O–H groups in total. The molecule has 2 rings (SSSR count). The third kappa shape index (κ3) is 7.36. The van der Waals surface area contributed by atoms with E-state index in [2.05, 4.69) is 32.1 Å². The van der Waals surface area contributed by atoms with Gasteiger partial charge in [0.15, 0.2) is 5.96 Å². The lowest BCUT2D eigenvalue weighted by atomic mass is 10.1. The lowest BCUT2D eigenvalue weighted by Gasteiger charge is -2.11. The van der Waals surface area contributed by atoms with E-state index in [9.17, 15) is 0 Å². The molecule has 1 heterocycles. The molecule has 2 aromatic rings. The van der Waals surface area contributed by atoms with Gasteiger partial charge in [0, 0.05) is 37.0 Å². The van der Waals surface area contributed by atoms with Crippen molar-refractivity contribution in [3.05, 3.63) is 50.9 Å². The number of benzene rings is 1. The summed E-state index contributed by atoms with van der Waals surface area (Å²) in [4.78, 5) is 8.69. The van der Waals surface area contributed by atoms with Crippen LogP contribution in [0.1, 0.15) is 22.7 Å². The SMILES string of the molecule is CN=C(NCCCc1ccccc1Cl)NCCc1csc(C)n1.I. The average molecular weight is 479 g/mol.